The Kier molecular flexibility index (Phi) is 5.32. The van der Waals surface area contributed by atoms with Gasteiger partial charge in [-0.05, 0) is 20.8 Å². The van der Waals surface area contributed by atoms with Gasteiger partial charge in [0.1, 0.15) is 11.4 Å². The molecular formula is C18H24N4O. The Bertz CT molecular complexity index is 676. The monoisotopic (exact) mass is 312 g/mol. The molecule has 2 aromatic rings. The van der Waals surface area contributed by atoms with E-state index in [1.807, 2.05) is 64.0 Å². The number of anilines is 1. The minimum Gasteiger partial charge on any atom is -0.362 e. The topological polar surface area (TPSA) is 49.3 Å². The maximum Gasteiger partial charge on any atom is 0.259 e. The van der Waals surface area contributed by atoms with Gasteiger partial charge in [-0.2, -0.15) is 0 Å². The third kappa shape index (κ3) is 3.67. The number of amides is 1. The Morgan fingerprint density at radius 3 is 2.22 bits per heavy atom. The molecule has 1 aromatic carbocycles. The highest BCUT2D eigenvalue weighted by molar-refractivity contribution is 5.98. The molecule has 23 heavy (non-hydrogen) atoms. The van der Waals surface area contributed by atoms with Gasteiger partial charge in [-0.25, -0.2) is 9.97 Å². The summed E-state index contributed by atoms with van der Waals surface area (Å²) in [6.07, 6.45) is 1.64. The molecule has 0 bridgehead atoms. The van der Waals surface area contributed by atoms with E-state index in [1.54, 1.807) is 11.1 Å². The summed E-state index contributed by atoms with van der Waals surface area (Å²) in [6.45, 7) is 7.32. The van der Waals surface area contributed by atoms with Crippen LogP contribution in [0.15, 0.2) is 30.5 Å². The number of carbonyl (C=O) groups is 1. The first kappa shape index (κ1) is 16.9. The summed E-state index contributed by atoms with van der Waals surface area (Å²) in [5, 5.41) is 0. The maximum absolute atomic E-state index is 12.6. The fourth-order valence-corrected chi connectivity index (χ4v) is 2.39. The molecule has 122 valence electrons. The van der Waals surface area contributed by atoms with Crippen LogP contribution in [-0.2, 0) is 0 Å². The first-order valence-electron chi connectivity index (χ1n) is 7.88. The average Bonchev–Trinajstić information content (AvgIpc) is 2.56. The van der Waals surface area contributed by atoms with Crippen LogP contribution in [0.4, 0.5) is 5.82 Å². The molecule has 0 atom stereocenters. The Hall–Kier alpha value is -2.43. The lowest BCUT2D eigenvalue weighted by atomic mass is 10.1. The predicted molar refractivity (Wildman–Crippen MR) is 93.8 cm³/mol. The highest BCUT2D eigenvalue weighted by atomic mass is 16.2. The van der Waals surface area contributed by atoms with Crippen LogP contribution in [-0.4, -0.2) is 48.0 Å². The zero-order valence-electron chi connectivity index (χ0n) is 14.5. The number of aryl methyl sites for hydroxylation is 1. The zero-order chi connectivity index (χ0) is 17.0. The van der Waals surface area contributed by atoms with Crippen molar-refractivity contribution in [3.8, 4) is 11.4 Å². The lowest BCUT2D eigenvalue weighted by Gasteiger charge is -2.22. The molecule has 0 radical (unpaired) electrons. The maximum atomic E-state index is 12.6. The van der Waals surface area contributed by atoms with Gasteiger partial charge >= 0.3 is 0 Å². The van der Waals surface area contributed by atoms with E-state index < -0.39 is 0 Å². The van der Waals surface area contributed by atoms with Gasteiger partial charge in [-0.1, -0.05) is 29.8 Å². The van der Waals surface area contributed by atoms with E-state index in [4.69, 9.17) is 0 Å². The fourth-order valence-electron chi connectivity index (χ4n) is 2.39. The summed E-state index contributed by atoms with van der Waals surface area (Å²) >= 11 is 0. The molecular weight excluding hydrogens is 288 g/mol. The van der Waals surface area contributed by atoms with Gasteiger partial charge in [0.25, 0.3) is 5.91 Å². The second-order valence-electron chi connectivity index (χ2n) is 5.67. The summed E-state index contributed by atoms with van der Waals surface area (Å²) in [5.74, 6) is 1.24. The molecule has 5 nitrogen and oxygen atoms in total. The van der Waals surface area contributed by atoms with Crippen molar-refractivity contribution in [3.05, 3.63) is 41.6 Å². The van der Waals surface area contributed by atoms with E-state index in [-0.39, 0.29) is 5.91 Å². The molecule has 1 aromatic heterocycles. The number of carbonyl (C=O) groups excluding carboxylic acids is 1. The number of aromatic nitrogens is 2. The standard InChI is InChI=1S/C18H24N4O/c1-6-22(7-2)18(23)15-12-19-16(20-17(15)21(4)5)14-10-8-13(3)9-11-14/h8-12H,6-7H2,1-5H3. The largest absolute Gasteiger partial charge is 0.362 e. The smallest absolute Gasteiger partial charge is 0.259 e. The molecule has 0 saturated carbocycles. The molecule has 0 aliphatic rings. The third-order valence-electron chi connectivity index (χ3n) is 3.78. The van der Waals surface area contributed by atoms with Gasteiger partial charge < -0.3 is 9.80 Å². The van der Waals surface area contributed by atoms with Crippen LogP contribution in [0.25, 0.3) is 11.4 Å². The number of hydrogen-bond acceptors (Lipinski definition) is 4. The van der Waals surface area contributed by atoms with Crippen molar-refractivity contribution < 1.29 is 4.79 Å². The number of nitrogens with zero attached hydrogens (tertiary/aromatic N) is 4. The first-order valence-corrected chi connectivity index (χ1v) is 7.88. The predicted octanol–water partition coefficient (Wildman–Crippen LogP) is 3.00. The number of rotatable bonds is 5. The van der Waals surface area contributed by atoms with Crippen LogP contribution in [0.3, 0.4) is 0 Å². The van der Waals surface area contributed by atoms with Crippen molar-refractivity contribution in [1.82, 2.24) is 14.9 Å². The summed E-state index contributed by atoms with van der Waals surface area (Å²) in [7, 11) is 3.78. The molecule has 1 heterocycles. The molecule has 0 unspecified atom stereocenters. The SMILES string of the molecule is CCN(CC)C(=O)c1cnc(-c2ccc(C)cc2)nc1N(C)C. The molecule has 2 rings (SSSR count). The molecule has 1 amide bonds. The number of benzene rings is 1. The van der Waals surface area contributed by atoms with E-state index in [2.05, 4.69) is 9.97 Å². The van der Waals surface area contributed by atoms with Crippen LogP contribution < -0.4 is 4.90 Å². The molecule has 0 aliphatic heterocycles. The zero-order valence-corrected chi connectivity index (χ0v) is 14.5. The summed E-state index contributed by atoms with van der Waals surface area (Å²) in [5.41, 5.74) is 2.67. The van der Waals surface area contributed by atoms with Crippen molar-refractivity contribution in [2.75, 3.05) is 32.1 Å². The van der Waals surface area contributed by atoms with Crippen LogP contribution >= 0.6 is 0 Å². The fraction of sp³-hybridized carbons (Fsp3) is 0.389. The molecule has 0 N–H and O–H groups in total. The van der Waals surface area contributed by atoms with Gasteiger partial charge in [-0.15, -0.1) is 0 Å². The van der Waals surface area contributed by atoms with Crippen molar-refractivity contribution in [1.29, 1.82) is 0 Å². The van der Waals surface area contributed by atoms with Gasteiger partial charge in [0.2, 0.25) is 0 Å². The van der Waals surface area contributed by atoms with Crippen molar-refractivity contribution in [2.24, 2.45) is 0 Å². The van der Waals surface area contributed by atoms with E-state index in [0.717, 1.165) is 5.56 Å². The third-order valence-corrected chi connectivity index (χ3v) is 3.78. The lowest BCUT2D eigenvalue weighted by Crippen LogP contribution is -2.32. The van der Waals surface area contributed by atoms with Gasteiger partial charge in [-0.3, -0.25) is 4.79 Å². The molecule has 5 heteroatoms. The summed E-state index contributed by atoms with van der Waals surface area (Å²) < 4.78 is 0. The van der Waals surface area contributed by atoms with Crippen molar-refractivity contribution in [2.45, 2.75) is 20.8 Å². The highest BCUT2D eigenvalue weighted by Crippen LogP contribution is 2.22. The first-order chi connectivity index (χ1) is 11.0. The Morgan fingerprint density at radius 2 is 1.70 bits per heavy atom. The van der Waals surface area contributed by atoms with Crippen LogP contribution in [0.1, 0.15) is 29.8 Å². The van der Waals surface area contributed by atoms with Crippen molar-refractivity contribution >= 4 is 11.7 Å². The lowest BCUT2D eigenvalue weighted by molar-refractivity contribution is 0.0773. The molecule has 0 aliphatic carbocycles. The number of hydrogen-bond donors (Lipinski definition) is 0. The Labute approximate surface area is 138 Å². The molecule has 0 spiro atoms. The Balaban J connectivity index is 2.46. The van der Waals surface area contributed by atoms with Crippen LogP contribution in [0.2, 0.25) is 0 Å². The Morgan fingerprint density at radius 1 is 1.09 bits per heavy atom. The normalized spacial score (nSPS) is 10.5. The van der Waals surface area contributed by atoms with E-state index in [0.29, 0.717) is 30.3 Å². The van der Waals surface area contributed by atoms with Crippen LogP contribution in [0.5, 0.6) is 0 Å². The van der Waals surface area contributed by atoms with Crippen LogP contribution in [0, 0.1) is 6.92 Å². The minimum absolute atomic E-state index is 0.0332. The highest BCUT2D eigenvalue weighted by Gasteiger charge is 2.20. The average molecular weight is 312 g/mol. The summed E-state index contributed by atoms with van der Waals surface area (Å²) in [6, 6.07) is 8.05. The van der Waals surface area contributed by atoms with Gasteiger partial charge in [0.05, 0.1) is 0 Å². The second-order valence-corrected chi connectivity index (χ2v) is 5.67. The second kappa shape index (κ2) is 7.22. The molecule has 0 fully saturated rings. The van der Waals surface area contributed by atoms with Gasteiger partial charge in [0.15, 0.2) is 5.82 Å². The van der Waals surface area contributed by atoms with Gasteiger partial charge in [0, 0.05) is 38.9 Å². The minimum atomic E-state index is -0.0332. The molecule has 0 saturated heterocycles. The van der Waals surface area contributed by atoms with Crippen molar-refractivity contribution in [3.63, 3.8) is 0 Å². The van der Waals surface area contributed by atoms with E-state index >= 15 is 0 Å². The van der Waals surface area contributed by atoms with E-state index in [9.17, 15) is 4.79 Å². The summed E-state index contributed by atoms with van der Waals surface area (Å²) in [4.78, 5) is 25.3. The van der Waals surface area contributed by atoms with E-state index in [1.165, 1.54) is 5.56 Å². The quantitative estimate of drug-likeness (QED) is 0.851.